The molecule has 0 aromatic carbocycles. The van der Waals surface area contributed by atoms with Gasteiger partial charge in [0.1, 0.15) is 73.2 Å². The van der Waals surface area contributed by atoms with E-state index in [0.717, 1.165) is 116 Å². The van der Waals surface area contributed by atoms with E-state index >= 15 is 0 Å². The second kappa shape index (κ2) is 48.3. The number of ether oxygens (including phenoxy) is 6. The fourth-order valence-corrected chi connectivity index (χ4v) is 10.1. The Morgan fingerprint density at radius 1 is 0.430 bits per heavy atom. The third-order valence-corrected chi connectivity index (χ3v) is 15.3. The molecule has 0 aliphatic carbocycles. The van der Waals surface area contributed by atoms with Crippen LogP contribution in [0.15, 0.2) is 109 Å². The zero-order chi connectivity index (χ0) is 62.6. The summed E-state index contributed by atoms with van der Waals surface area (Å²) in [5.74, 6) is -0.292. The van der Waals surface area contributed by atoms with Crippen molar-refractivity contribution >= 4 is 5.91 Å². The molecular formula is C67H111NO18. The number of carbonyl (C=O) groups excluding carboxylic acids is 1. The van der Waals surface area contributed by atoms with Crippen LogP contribution in [0.2, 0.25) is 0 Å². The molecule has 3 fully saturated rings. The molecule has 3 aliphatic rings. The number of rotatable bonds is 46. The van der Waals surface area contributed by atoms with Crippen LogP contribution in [0, 0.1) is 0 Å². The van der Waals surface area contributed by atoms with Gasteiger partial charge in [-0.1, -0.05) is 194 Å². The highest BCUT2D eigenvalue weighted by atomic mass is 16.8. The van der Waals surface area contributed by atoms with E-state index in [1.54, 1.807) is 6.08 Å². The van der Waals surface area contributed by atoms with E-state index in [0.29, 0.717) is 6.42 Å². The fourth-order valence-electron chi connectivity index (χ4n) is 10.1. The monoisotopic (exact) mass is 1220 g/mol. The molecule has 3 heterocycles. The minimum Gasteiger partial charge on any atom is -0.394 e. The number of nitrogens with one attached hydrogen (secondary N) is 1. The van der Waals surface area contributed by atoms with Gasteiger partial charge in [0.25, 0.3) is 0 Å². The normalized spacial score (nSPS) is 29.5. The Kier molecular flexibility index (Phi) is 43.1. The third kappa shape index (κ3) is 30.8. The molecule has 12 N–H and O–H groups in total. The van der Waals surface area contributed by atoms with Crippen LogP contribution >= 0.6 is 0 Å². The molecule has 0 saturated carbocycles. The summed E-state index contributed by atoms with van der Waals surface area (Å²) in [7, 11) is 0. The first-order chi connectivity index (χ1) is 41.8. The zero-order valence-electron chi connectivity index (χ0n) is 51.5. The van der Waals surface area contributed by atoms with Gasteiger partial charge in [0, 0.05) is 6.42 Å². The summed E-state index contributed by atoms with van der Waals surface area (Å²) in [4.78, 5) is 13.3. The summed E-state index contributed by atoms with van der Waals surface area (Å²) in [5, 5.41) is 120. The maximum atomic E-state index is 13.3. The van der Waals surface area contributed by atoms with Gasteiger partial charge >= 0.3 is 0 Å². The third-order valence-electron chi connectivity index (χ3n) is 15.3. The van der Waals surface area contributed by atoms with E-state index in [4.69, 9.17) is 28.4 Å². The molecule has 0 aromatic heterocycles. The van der Waals surface area contributed by atoms with Gasteiger partial charge in [-0.2, -0.15) is 0 Å². The Morgan fingerprint density at radius 3 is 1.26 bits per heavy atom. The lowest BCUT2D eigenvalue weighted by Gasteiger charge is -2.48. The fraction of sp³-hybridized carbons (Fsp3) is 0.716. The van der Waals surface area contributed by atoms with Gasteiger partial charge in [-0.15, -0.1) is 0 Å². The lowest BCUT2D eigenvalue weighted by molar-refractivity contribution is -0.379. The molecule has 17 atom stereocenters. The van der Waals surface area contributed by atoms with Gasteiger partial charge in [0.15, 0.2) is 18.9 Å². The molecule has 492 valence electrons. The smallest absolute Gasteiger partial charge is 0.220 e. The summed E-state index contributed by atoms with van der Waals surface area (Å²) < 4.78 is 34.1. The first-order valence-electron chi connectivity index (χ1n) is 32.1. The first kappa shape index (κ1) is 76.7. The maximum absolute atomic E-state index is 13.3. The summed E-state index contributed by atoms with van der Waals surface area (Å²) in [6.07, 6.45) is 37.1. The van der Waals surface area contributed by atoms with Crippen molar-refractivity contribution in [2.45, 2.75) is 279 Å². The van der Waals surface area contributed by atoms with Crippen LogP contribution in [0.25, 0.3) is 0 Å². The average Bonchev–Trinajstić information content (AvgIpc) is 2.46. The van der Waals surface area contributed by atoms with Crippen molar-refractivity contribution in [1.82, 2.24) is 5.32 Å². The largest absolute Gasteiger partial charge is 0.394 e. The van der Waals surface area contributed by atoms with Gasteiger partial charge in [-0.3, -0.25) is 4.79 Å². The molecule has 3 saturated heterocycles. The van der Waals surface area contributed by atoms with Crippen LogP contribution in [-0.2, 0) is 33.2 Å². The van der Waals surface area contributed by atoms with E-state index in [-0.39, 0.29) is 18.9 Å². The van der Waals surface area contributed by atoms with Crippen molar-refractivity contribution in [1.29, 1.82) is 0 Å². The second-order valence-electron chi connectivity index (χ2n) is 22.5. The number of unbranched alkanes of at least 4 members (excludes halogenated alkanes) is 14. The Balaban J connectivity index is 1.31. The highest BCUT2D eigenvalue weighted by Crippen LogP contribution is 2.33. The molecule has 19 nitrogen and oxygen atoms in total. The van der Waals surface area contributed by atoms with Gasteiger partial charge in [-0.25, -0.2) is 0 Å². The number of aliphatic hydroxyl groups excluding tert-OH is 11. The first-order valence-corrected chi connectivity index (χ1v) is 32.1. The topological polar surface area (TPSA) is 307 Å². The van der Waals surface area contributed by atoms with Crippen molar-refractivity contribution in [2.24, 2.45) is 0 Å². The summed E-state index contributed by atoms with van der Waals surface area (Å²) in [5.41, 5.74) is 0. The molecule has 86 heavy (non-hydrogen) atoms. The van der Waals surface area contributed by atoms with E-state index < -0.39 is 124 Å². The van der Waals surface area contributed by atoms with Gasteiger partial charge in [0.2, 0.25) is 5.91 Å². The lowest BCUT2D eigenvalue weighted by Crippen LogP contribution is -2.66. The van der Waals surface area contributed by atoms with E-state index in [9.17, 15) is 61.0 Å². The number of carbonyl (C=O) groups is 1. The minimum atomic E-state index is -1.98. The molecule has 0 aromatic rings. The van der Waals surface area contributed by atoms with Crippen LogP contribution < -0.4 is 5.32 Å². The molecule has 17 unspecified atom stereocenters. The zero-order valence-corrected chi connectivity index (χ0v) is 51.5. The van der Waals surface area contributed by atoms with Crippen LogP contribution in [-0.4, -0.2) is 193 Å². The van der Waals surface area contributed by atoms with Crippen LogP contribution in [0.5, 0.6) is 0 Å². The van der Waals surface area contributed by atoms with Crippen LogP contribution in [0.1, 0.15) is 174 Å². The second-order valence-corrected chi connectivity index (χ2v) is 22.5. The Hall–Kier alpha value is -3.55. The Morgan fingerprint density at radius 2 is 0.802 bits per heavy atom. The predicted octanol–water partition coefficient (Wildman–Crippen LogP) is 7.10. The number of allylic oxidation sites excluding steroid dienone is 17. The van der Waals surface area contributed by atoms with E-state index in [1.165, 1.54) is 32.1 Å². The molecule has 1 amide bonds. The summed E-state index contributed by atoms with van der Waals surface area (Å²) in [6.45, 7) is 1.48. The van der Waals surface area contributed by atoms with Crippen molar-refractivity contribution in [2.75, 3.05) is 26.4 Å². The summed E-state index contributed by atoms with van der Waals surface area (Å²) >= 11 is 0. The van der Waals surface area contributed by atoms with Crippen molar-refractivity contribution < 1.29 is 89.4 Å². The molecule has 0 bridgehead atoms. The maximum Gasteiger partial charge on any atom is 0.220 e. The Bertz CT molecular complexity index is 1990. The van der Waals surface area contributed by atoms with E-state index in [2.05, 4.69) is 116 Å². The number of amides is 1. The highest BCUT2D eigenvalue weighted by Gasteiger charge is 2.53. The molecular weight excluding hydrogens is 1110 g/mol. The highest BCUT2D eigenvalue weighted by molar-refractivity contribution is 5.76. The lowest BCUT2D eigenvalue weighted by atomic mass is 9.96. The van der Waals surface area contributed by atoms with Crippen LogP contribution in [0.4, 0.5) is 0 Å². The molecule has 0 radical (unpaired) electrons. The predicted molar refractivity (Wildman–Crippen MR) is 332 cm³/mol. The minimum absolute atomic E-state index is 0.230. The molecule has 3 aliphatic heterocycles. The van der Waals surface area contributed by atoms with Gasteiger partial charge in [-0.05, 0) is 83.5 Å². The van der Waals surface area contributed by atoms with Crippen LogP contribution in [0.3, 0.4) is 0 Å². The van der Waals surface area contributed by atoms with Crippen molar-refractivity contribution in [3.8, 4) is 0 Å². The molecule has 19 heteroatoms. The van der Waals surface area contributed by atoms with Crippen molar-refractivity contribution in [3.05, 3.63) is 109 Å². The number of hydrogen-bond donors (Lipinski definition) is 12. The molecule has 3 rings (SSSR count). The Labute approximate surface area is 513 Å². The number of aliphatic hydroxyl groups is 11. The van der Waals surface area contributed by atoms with Gasteiger partial charge in [0.05, 0.1) is 38.6 Å². The number of hydrogen-bond acceptors (Lipinski definition) is 18. The molecule has 0 spiro atoms. The quantitative estimate of drug-likeness (QED) is 0.0214. The summed E-state index contributed by atoms with van der Waals surface area (Å²) in [6, 6.07) is -0.979. The standard InChI is InChI=1S/C67H111NO18/c1-3-5-7-9-11-12-13-14-15-16-17-18-19-20-21-22-23-24-25-26-27-28-29-30-31-32-33-34-35-36-37-38-39-41-43-45-55(73)68-50(51(72)44-42-40-10-8-6-4-2)49-81-65-61(79)58(76)63(53(47-70)83-65)86-67-62(80)59(77)64(54(48-71)84-67)85-66-60(78)57(75)56(74)52(46-69)82-66/h5,7,11-12,14-15,17-18,20-21,23-24,26-27,29-30,42,44,50-54,56-67,69-72,74-80H,3-4,6,8-10,13,16,19,22,25,28,31-41,43,45-49H2,1-2H3,(H,68,73)/b7-5-,12-11-,15-14-,18-17-,21-20-,24-23-,27-26-,30-29-,44-42+. The van der Waals surface area contributed by atoms with Gasteiger partial charge < -0.3 is 89.9 Å². The van der Waals surface area contributed by atoms with Crippen molar-refractivity contribution in [3.63, 3.8) is 0 Å². The SMILES string of the molecule is CC/C=C\C/C=C\C/C=C\C/C=C\C/C=C\C/C=C\C/C=C\C/C=C\CCCCCCCCCCCCC(=O)NC(COC1OC(CO)C(OC2OC(CO)C(OC3OC(CO)C(O)C(O)C3O)C(O)C2O)C(O)C1O)C(O)/C=C/CCCCCC. The van der Waals surface area contributed by atoms with E-state index in [1.807, 2.05) is 6.08 Å². The average molecular weight is 1220 g/mol.